The fourth-order valence-corrected chi connectivity index (χ4v) is 0.871. The second-order valence-corrected chi connectivity index (χ2v) is 2.10. The van der Waals surface area contributed by atoms with Gasteiger partial charge in [-0.05, 0) is 5.21 Å². The summed E-state index contributed by atoms with van der Waals surface area (Å²) in [7, 11) is 0. The van der Waals surface area contributed by atoms with Crippen molar-refractivity contribution in [2.24, 2.45) is 0 Å². The van der Waals surface area contributed by atoms with Crippen LogP contribution in [0.2, 0.25) is 0 Å². The summed E-state index contributed by atoms with van der Waals surface area (Å²) in [6.45, 7) is 0. The van der Waals surface area contributed by atoms with Gasteiger partial charge in [-0.2, -0.15) is 5.21 Å². The van der Waals surface area contributed by atoms with Crippen LogP contribution in [0.15, 0.2) is 30.3 Å². The van der Waals surface area contributed by atoms with E-state index in [4.69, 9.17) is 0 Å². The minimum atomic E-state index is 0. The van der Waals surface area contributed by atoms with Gasteiger partial charge in [0.15, 0.2) is 0 Å². The third kappa shape index (κ3) is 1.91. The summed E-state index contributed by atoms with van der Waals surface area (Å²) in [4.78, 5) is 0. The first-order valence-electron chi connectivity index (χ1n) is 3.26. The fraction of sp³-hybridized carbons (Fsp3) is 0. The zero-order chi connectivity index (χ0) is 7.52. The Balaban J connectivity index is 0.000000720. The van der Waals surface area contributed by atoms with Gasteiger partial charge in [0.25, 0.3) is 0 Å². The third-order valence-corrected chi connectivity index (χ3v) is 1.38. The second kappa shape index (κ2) is 4.35. The van der Waals surface area contributed by atoms with Crippen molar-refractivity contribution >= 4 is 0 Å². The molecule has 1 N–H and O–H groups in total. The SMILES string of the molecule is [H-].[Na+].c1ccc(-c2nn[nH]n2)cc1. The summed E-state index contributed by atoms with van der Waals surface area (Å²) >= 11 is 0. The van der Waals surface area contributed by atoms with Crippen LogP contribution in [0.25, 0.3) is 11.4 Å². The smallest absolute Gasteiger partial charge is 1.00 e. The zero-order valence-electron chi connectivity index (χ0n) is 7.73. The molecule has 0 unspecified atom stereocenters. The van der Waals surface area contributed by atoms with Gasteiger partial charge in [-0.3, -0.25) is 0 Å². The average molecular weight is 170 g/mol. The Bertz CT molecular complexity index is 323. The summed E-state index contributed by atoms with van der Waals surface area (Å²) in [5.41, 5.74) is 0.973. The molecule has 4 nitrogen and oxygen atoms in total. The number of hydrogen-bond donors (Lipinski definition) is 1. The van der Waals surface area contributed by atoms with E-state index < -0.39 is 0 Å². The number of H-pyrrole nitrogens is 1. The third-order valence-electron chi connectivity index (χ3n) is 1.38. The maximum absolute atomic E-state index is 3.84. The van der Waals surface area contributed by atoms with Crippen LogP contribution < -0.4 is 29.6 Å². The Morgan fingerprint density at radius 1 is 1.17 bits per heavy atom. The van der Waals surface area contributed by atoms with Gasteiger partial charge in [-0.25, -0.2) is 0 Å². The second-order valence-electron chi connectivity index (χ2n) is 2.10. The Morgan fingerprint density at radius 2 is 1.92 bits per heavy atom. The summed E-state index contributed by atoms with van der Waals surface area (Å²) in [6, 6.07) is 9.69. The molecule has 0 fully saturated rings. The van der Waals surface area contributed by atoms with Crippen molar-refractivity contribution < 1.29 is 31.0 Å². The van der Waals surface area contributed by atoms with E-state index in [2.05, 4.69) is 20.6 Å². The molecule has 2 rings (SSSR count). The molecule has 0 aliphatic carbocycles. The van der Waals surface area contributed by atoms with E-state index in [9.17, 15) is 0 Å². The maximum Gasteiger partial charge on any atom is 1.00 e. The number of aromatic nitrogens is 4. The molecule has 0 bridgehead atoms. The first-order valence-corrected chi connectivity index (χ1v) is 3.26. The molecule has 2 aromatic rings. The molecule has 0 saturated carbocycles. The van der Waals surface area contributed by atoms with Crippen LogP contribution in [-0.4, -0.2) is 20.6 Å². The van der Waals surface area contributed by atoms with Crippen LogP contribution in [0.1, 0.15) is 1.43 Å². The summed E-state index contributed by atoms with van der Waals surface area (Å²) in [5, 5.41) is 13.5. The predicted octanol–water partition coefficient (Wildman–Crippen LogP) is -2.02. The Hall–Kier alpha value is -0.710. The topological polar surface area (TPSA) is 54.5 Å². The van der Waals surface area contributed by atoms with E-state index in [0.717, 1.165) is 5.56 Å². The Labute approximate surface area is 93.2 Å². The number of tetrazole rings is 1. The largest absolute Gasteiger partial charge is 1.00 e. The van der Waals surface area contributed by atoms with Crippen molar-refractivity contribution in [2.75, 3.05) is 0 Å². The molecule has 12 heavy (non-hydrogen) atoms. The summed E-state index contributed by atoms with van der Waals surface area (Å²) in [6.07, 6.45) is 0. The van der Waals surface area contributed by atoms with Gasteiger partial charge >= 0.3 is 29.6 Å². The normalized spacial score (nSPS) is 9.00. The van der Waals surface area contributed by atoms with Gasteiger partial charge in [0.2, 0.25) is 5.82 Å². The van der Waals surface area contributed by atoms with Crippen molar-refractivity contribution in [1.82, 2.24) is 20.6 Å². The van der Waals surface area contributed by atoms with Gasteiger partial charge in [-0.15, -0.1) is 10.2 Å². The van der Waals surface area contributed by atoms with Gasteiger partial charge < -0.3 is 1.43 Å². The maximum atomic E-state index is 3.84. The fourth-order valence-electron chi connectivity index (χ4n) is 0.871. The van der Waals surface area contributed by atoms with Crippen molar-refractivity contribution in [3.8, 4) is 11.4 Å². The minimum Gasteiger partial charge on any atom is -1.00 e. The number of nitrogens with zero attached hydrogens (tertiary/aromatic N) is 3. The van der Waals surface area contributed by atoms with Crippen LogP contribution in [0, 0.1) is 0 Å². The standard InChI is InChI=1S/C7H6N4.Na.H/c1-2-4-6(5-3-1)7-8-10-11-9-7;;/h1-5H,(H,8,9,10,11);;/q;+1;-1. The van der Waals surface area contributed by atoms with Crippen molar-refractivity contribution in [3.05, 3.63) is 30.3 Å². The molecule has 0 aliphatic rings. The quantitative estimate of drug-likeness (QED) is 0.503. The molecule has 0 atom stereocenters. The first kappa shape index (κ1) is 9.38. The van der Waals surface area contributed by atoms with E-state index >= 15 is 0 Å². The van der Waals surface area contributed by atoms with Crippen LogP contribution in [0.5, 0.6) is 0 Å². The Morgan fingerprint density at radius 3 is 2.50 bits per heavy atom. The minimum absolute atomic E-state index is 0. The number of hydrogen-bond acceptors (Lipinski definition) is 3. The summed E-state index contributed by atoms with van der Waals surface area (Å²) < 4.78 is 0. The molecular formula is C7H7N4Na. The number of nitrogens with one attached hydrogen (secondary N) is 1. The van der Waals surface area contributed by atoms with E-state index in [-0.39, 0.29) is 31.0 Å². The van der Waals surface area contributed by atoms with Gasteiger partial charge in [0.05, 0.1) is 0 Å². The molecule has 0 amide bonds. The van der Waals surface area contributed by atoms with E-state index in [1.54, 1.807) is 0 Å². The van der Waals surface area contributed by atoms with Crippen LogP contribution in [-0.2, 0) is 0 Å². The summed E-state index contributed by atoms with van der Waals surface area (Å²) in [5.74, 6) is 0.630. The molecular weight excluding hydrogens is 163 g/mol. The van der Waals surface area contributed by atoms with E-state index in [1.165, 1.54) is 0 Å². The molecule has 1 aromatic carbocycles. The van der Waals surface area contributed by atoms with E-state index in [0.29, 0.717) is 5.82 Å². The molecule has 0 radical (unpaired) electrons. The molecule has 1 aromatic heterocycles. The van der Waals surface area contributed by atoms with Crippen LogP contribution in [0.3, 0.4) is 0 Å². The Kier molecular flexibility index (Phi) is 3.40. The molecule has 1 heterocycles. The molecule has 5 heteroatoms. The van der Waals surface area contributed by atoms with Crippen molar-refractivity contribution in [2.45, 2.75) is 0 Å². The zero-order valence-corrected chi connectivity index (χ0v) is 8.73. The average Bonchev–Trinajstić information content (AvgIpc) is 2.58. The van der Waals surface area contributed by atoms with Crippen molar-refractivity contribution in [3.63, 3.8) is 0 Å². The van der Waals surface area contributed by atoms with Crippen LogP contribution >= 0.6 is 0 Å². The number of benzene rings is 1. The monoisotopic (exact) mass is 170 g/mol. The first-order chi connectivity index (χ1) is 5.47. The number of rotatable bonds is 1. The van der Waals surface area contributed by atoms with Gasteiger partial charge in [0.1, 0.15) is 0 Å². The van der Waals surface area contributed by atoms with Crippen molar-refractivity contribution in [1.29, 1.82) is 0 Å². The van der Waals surface area contributed by atoms with Crippen LogP contribution in [0.4, 0.5) is 0 Å². The molecule has 56 valence electrons. The van der Waals surface area contributed by atoms with E-state index in [1.807, 2.05) is 30.3 Å². The number of aromatic amines is 1. The molecule has 0 saturated heterocycles. The van der Waals surface area contributed by atoms with Gasteiger partial charge in [0, 0.05) is 5.56 Å². The molecule has 0 spiro atoms. The molecule has 0 aliphatic heterocycles. The predicted molar refractivity (Wildman–Crippen MR) is 40.7 cm³/mol. The van der Waals surface area contributed by atoms with Gasteiger partial charge in [-0.1, -0.05) is 30.3 Å².